The number of aromatic nitrogens is 2. The van der Waals surface area contributed by atoms with Crippen LogP contribution in [0, 0.1) is 0 Å². The predicted octanol–water partition coefficient (Wildman–Crippen LogP) is 2.79. The lowest BCUT2D eigenvalue weighted by Gasteiger charge is -2.10. The normalized spacial score (nSPS) is 10.4. The first-order chi connectivity index (χ1) is 11.0. The van der Waals surface area contributed by atoms with E-state index in [-0.39, 0.29) is 18.2 Å². The highest BCUT2D eigenvalue weighted by molar-refractivity contribution is 6.17. The minimum atomic E-state index is -0.511. The third-order valence-corrected chi connectivity index (χ3v) is 3.59. The summed E-state index contributed by atoms with van der Waals surface area (Å²) in [6, 6.07) is 6.82. The van der Waals surface area contributed by atoms with Gasteiger partial charge in [0.15, 0.2) is 0 Å². The first-order valence-electron chi connectivity index (χ1n) is 7.00. The molecule has 2 rings (SSSR count). The van der Waals surface area contributed by atoms with Crippen LogP contribution in [0.25, 0.3) is 11.3 Å². The van der Waals surface area contributed by atoms with Gasteiger partial charge in [-0.25, -0.2) is 14.6 Å². The van der Waals surface area contributed by atoms with Gasteiger partial charge in [-0.15, -0.1) is 11.6 Å². The molecular weight excluding hydrogens is 320 g/mol. The summed E-state index contributed by atoms with van der Waals surface area (Å²) in [7, 11) is 3.07. The van der Waals surface area contributed by atoms with Crippen molar-refractivity contribution in [1.82, 2.24) is 9.55 Å². The zero-order valence-electron chi connectivity index (χ0n) is 13.1. The second-order valence-electron chi connectivity index (χ2n) is 4.74. The molecule has 6 nitrogen and oxygen atoms in total. The Hall–Kier alpha value is -2.34. The summed E-state index contributed by atoms with van der Waals surface area (Å²) < 4.78 is 11.4. The molecule has 0 aliphatic heterocycles. The van der Waals surface area contributed by atoms with Gasteiger partial charge in [-0.05, 0) is 31.2 Å². The summed E-state index contributed by atoms with van der Waals surface area (Å²) in [5, 5.41) is 0. The second kappa shape index (κ2) is 7.28. The summed E-state index contributed by atoms with van der Waals surface area (Å²) in [6.07, 6.45) is 0. The van der Waals surface area contributed by atoms with Gasteiger partial charge in [0.2, 0.25) is 0 Å². The average molecular weight is 337 g/mol. The fourth-order valence-corrected chi connectivity index (χ4v) is 2.36. The number of methoxy groups -OCH3 is 1. The molecule has 0 atom stereocenters. The number of nitrogens with zero attached hydrogens (tertiary/aromatic N) is 2. The van der Waals surface area contributed by atoms with E-state index in [1.807, 2.05) is 0 Å². The van der Waals surface area contributed by atoms with Gasteiger partial charge in [0.25, 0.3) is 0 Å². The van der Waals surface area contributed by atoms with Crippen molar-refractivity contribution in [3.8, 4) is 11.3 Å². The molecule has 0 aromatic carbocycles. The third kappa shape index (κ3) is 3.53. The van der Waals surface area contributed by atoms with Gasteiger partial charge in [-0.1, -0.05) is 0 Å². The molecule has 0 bridgehead atoms. The number of halogens is 1. The maximum absolute atomic E-state index is 11.9. The van der Waals surface area contributed by atoms with E-state index >= 15 is 0 Å². The van der Waals surface area contributed by atoms with Crippen molar-refractivity contribution in [2.45, 2.75) is 12.8 Å². The Morgan fingerprint density at radius 3 is 2.61 bits per heavy atom. The number of alkyl halides is 1. The average Bonchev–Trinajstić information content (AvgIpc) is 2.95. The predicted molar refractivity (Wildman–Crippen MR) is 85.5 cm³/mol. The second-order valence-corrected chi connectivity index (χ2v) is 5.01. The minimum Gasteiger partial charge on any atom is -0.464 e. The molecule has 122 valence electrons. The Morgan fingerprint density at radius 1 is 1.26 bits per heavy atom. The van der Waals surface area contributed by atoms with Crippen molar-refractivity contribution in [3.63, 3.8) is 0 Å². The van der Waals surface area contributed by atoms with Crippen molar-refractivity contribution >= 4 is 23.5 Å². The zero-order chi connectivity index (χ0) is 17.0. The quantitative estimate of drug-likeness (QED) is 0.620. The maximum atomic E-state index is 11.9. The van der Waals surface area contributed by atoms with E-state index < -0.39 is 11.9 Å². The molecule has 23 heavy (non-hydrogen) atoms. The van der Waals surface area contributed by atoms with Crippen LogP contribution in [0.3, 0.4) is 0 Å². The van der Waals surface area contributed by atoms with Crippen LogP contribution in [0.4, 0.5) is 0 Å². The first-order valence-corrected chi connectivity index (χ1v) is 7.53. The fraction of sp³-hybridized carbons (Fsp3) is 0.312. The van der Waals surface area contributed by atoms with E-state index in [2.05, 4.69) is 4.98 Å². The molecule has 0 spiro atoms. The Labute approximate surface area is 139 Å². The molecule has 0 N–H and O–H groups in total. The molecule has 0 amide bonds. The van der Waals surface area contributed by atoms with E-state index in [0.717, 1.165) is 11.3 Å². The topological polar surface area (TPSA) is 70.4 Å². The van der Waals surface area contributed by atoms with E-state index in [4.69, 9.17) is 21.1 Å². The van der Waals surface area contributed by atoms with Crippen LogP contribution in [0.5, 0.6) is 0 Å². The van der Waals surface area contributed by atoms with Gasteiger partial charge in [-0.3, -0.25) is 0 Å². The van der Waals surface area contributed by atoms with Crippen LogP contribution in [-0.2, 0) is 22.4 Å². The van der Waals surface area contributed by atoms with Gasteiger partial charge in [0, 0.05) is 18.3 Å². The summed E-state index contributed by atoms with van der Waals surface area (Å²) in [5.74, 6) is -0.784. The highest BCUT2D eigenvalue weighted by Gasteiger charge is 2.17. The smallest absolute Gasteiger partial charge is 0.356 e. The van der Waals surface area contributed by atoms with Gasteiger partial charge >= 0.3 is 11.9 Å². The van der Waals surface area contributed by atoms with Crippen LogP contribution in [0.2, 0.25) is 0 Å². The van der Waals surface area contributed by atoms with E-state index in [0.29, 0.717) is 11.4 Å². The molecule has 0 fully saturated rings. The number of pyridine rings is 1. The largest absolute Gasteiger partial charge is 0.464 e. The number of carbonyl (C=O) groups is 2. The molecular formula is C16H17ClN2O4. The fourth-order valence-electron chi connectivity index (χ4n) is 2.22. The molecule has 2 heterocycles. The zero-order valence-corrected chi connectivity index (χ0v) is 13.9. The monoisotopic (exact) mass is 336 g/mol. The number of rotatable bonds is 5. The Bertz CT molecular complexity index is 740. The van der Waals surface area contributed by atoms with Crippen LogP contribution >= 0.6 is 11.6 Å². The Morgan fingerprint density at radius 2 is 2.00 bits per heavy atom. The van der Waals surface area contributed by atoms with Gasteiger partial charge < -0.3 is 14.0 Å². The lowest BCUT2D eigenvalue weighted by atomic mass is 10.1. The Kier molecular flexibility index (Phi) is 5.39. The molecule has 2 aromatic heterocycles. The number of ether oxygens (including phenoxy) is 2. The maximum Gasteiger partial charge on any atom is 0.356 e. The molecule has 0 radical (unpaired) electrons. The van der Waals surface area contributed by atoms with Crippen LogP contribution in [-0.4, -0.2) is 35.2 Å². The minimum absolute atomic E-state index is 0.161. The highest BCUT2D eigenvalue weighted by atomic mass is 35.5. The summed E-state index contributed by atoms with van der Waals surface area (Å²) in [6.45, 7) is 1.99. The van der Waals surface area contributed by atoms with Crippen LogP contribution in [0.1, 0.15) is 33.6 Å². The van der Waals surface area contributed by atoms with Gasteiger partial charge in [0.1, 0.15) is 11.4 Å². The lowest BCUT2D eigenvalue weighted by molar-refractivity contribution is 0.0518. The molecule has 0 aliphatic carbocycles. The molecule has 0 saturated carbocycles. The van der Waals surface area contributed by atoms with Gasteiger partial charge in [-0.2, -0.15) is 0 Å². The van der Waals surface area contributed by atoms with Crippen LogP contribution < -0.4 is 0 Å². The molecule has 2 aromatic rings. The highest BCUT2D eigenvalue weighted by Crippen LogP contribution is 2.24. The first kappa shape index (κ1) is 17.0. The SMILES string of the molecule is CCOC(=O)c1cc(-c2ccc(C(=O)OC)n2C)cc(CCl)n1. The summed E-state index contributed by atoms with van der Waals surface area (Å²) >= 11 is 5.86. The Balaban J connectivity index is 2.51. The third-order valence-electron chi connectivity index (χ3n) is 3.31. The van der Waals surface area contributed by atoms with E-state index in [9.17, 15) is 9.59 Å². The number of hydrogen-bond acceptors (Lipinski definition) is 5. The van der Waals surface area contributed by atoms with Crippen molar-refractivity contribution < 1.29 is 19.1 Å². The van der Waals surface area contributed by atoms with Gasteiger partial charge in [0.05, 0.1) is 25.3 Å². The summed E-state index contributed by atoms with van der Waals surface area (Å²) in [5.41, 5.74) is 2.60. The summed E-state index contributed by atoms with van der Waals surface area (Å²) in [4.78, 5) is 27.8. The van der Waals surface area contributed by atoms with E-state index in [1.165, 1.54) is 7.11 Å². The van der Waals surface area contributed by atoms with Crippen molar-refractivity contribution in [2.24, 2.45) is 7.05 Å². The lowest BCUT2D eigenvalue weighted by Crippen LogP contribution is -2.10. The number of carbonyl (C=O) groups excluding carboxylic acids is 2. The molecule has 0 unspecified atom stereocenters. The van der Waals surface area contributed by atoms with E-state index in [1.54, 1.807) is 42.8 Å². The van der Waals surface area contributed by atoms with Crippen LogP contribution in [0.15, 0.2) is 24.3 Å². The van der Waals surface area contributed by atoms with Crippen molar-refractivity contribution in [2.75, 3.05) is 13.7 Å². The molecule has 0 saturated heterocycles. The molecule has 0 aliphatic rings. The molecule has 7 heteroatoms. The van der Waals surface area contributed by atoms with Crippen molar-refractivity contribution in [1.29, 1.82) is 0 Å². The standard InChI is InChI=1S/C16H17ClN2O4/c1-4-23-15(20)12-8-10(7-11(9-17)18-12)13-5-6-14(19(13)2)16(21)22-3/h5-8H,4,9H2,1-3H3. The number of esters is 2. The number of hydrogen-bond donors (Lipinski definition) is 0. The van der Waals surface area contributed by atoms with Crippen molar-refractivity contribution in [3.05, 3.63) is 41.3 Å².